The average Bonchev–Trinajstić information content (AvgIpc) is 2.49. The number of guanidine groups is 1. The molecule has 5 heteroatoms. The van der Waals surface area contributed by atoms with Gasteiger partial charge in [-0.2, -0.15) is 0 Å². The number of hydrogen-bond donors (Lipinski definition) is 2. The van der Waals surface area contributed by atoms with E-state index < -0.39 is 0 Å². The van der Waals surface area contributed by atoms with Gasteiger partial charge in [-0.05, 0) is 13.8 Å². The standard InChI is InChI=1S/C8H14N4O/c1-3-10-8(9)11-5-7-4-6(2)13-12-7/h4H,3,5H2,1-2H3,(H3,9,10,11). The topological polar surface area (TPSA) is 76.4 Å². The van der Waals surface area contributed by atoms with Gasteiger partial charge in [0, 0.05) is 12.6 Å². The molecule has 13 heavy (non-hydrogen) atoms. The van der Waals surface area contributed by atoms with E-state index >= 15 is 0 Å². The summed E-state index contributed by atoms with van der Waals surface area (Å²) in [5.74, 6) is 1.22. The maximum absolute atomic E-state index is 5.52. The van der Waals surface area contributed by atoms with Crippen molar-refractivity contribution >= 4 is 5.96 Å². The number of aliphatic imine (C=N–C) groups is 1. The molecule has 0 amide bonds. The molecule has 1 aromatic rings. The molecule has 5 nitrogen and oxygen atoms in total. The highest BCUT2D eigenvalue weighted by Crippen LogP contribution is 2.01. The Balaban J connectivity index is 2.46. The van der Waals surface area contributed by atoms with Crippen LogP contribution in [-0.2, 0) is 6.54 Å². The minimum absolute atomic E-state index is 0.433. The molecule has 1 heterocycles. The molecule has 0 atom stereocenters. The third-order valence-electron chi connectivity index (χ3n) is 1.45. The van der Waals surface area contributed by atoms with E-state index in [0.29, 0.717) is 12.5 Å². The van der Waals surface area contributed by atoms with Crippen LogP contribution in [0.25, 0.3) is 0 Å². The molecule has 0 aromatic carbocycles. The minimum atomic E-state index is 0.433. The largest absolute Gasteiger partial charge is 0.370 e. The molecule has 72 valence electrons. The molecule has 3 N–H and O–H groups in total. The third-order valence-corrected chi connectivity index (χ3v) is 1.45. The third kappa shape index (κ3) is 3.14. The Hall–Kier alpha value is -1.52. The number of aryl methyl sites for hydroxylation is 1. The lowest BCUT2D eigenvalue weighted by molar-refractivity contribution is 0.391. The van der Waals surface area contributed by atoms with Crippen LogP contribution in [0, 0.1) is 6.92 Å². The first-order chi connectivity index (χ1) is 6.22. The van der Waals surface area contributed by atoms with Gasteiger partial charge in [0.15, 0.2) is 5.96 Å². The Morgan fingerprint density at radius 2 is 2.54 bits per heavy atom. The van der Waals surface area contributed by atoms with Crippen molar-refractivity contribution in [1.29, 1.82) is 0 Å². The Morgan fingerprint density at radius 3 is 3.08 bits per heavy atom. The normalized spacial score (nSPS) is 11.7. The molecule has 0 radical (unpaired) electrons. The molecule has 0 saturated carbocycles. The maximum Gasteiger partial charge on any atom is 0.188 e. The average molecular weight is 182 g/mol. The molecule has 0 saturated heterocycles. The summed E-state index contributed by atoms with van der Waals surface area (Å²) in [7, 11) is 0. The Bertz CT molecular complexity index is 292. The van der Waals surface area contributed by atoms with Gasteiger partial charge in [0.1, 0.15) is 11.5 Å². The van der Waals surface area contributed by atoms with Crippen molar-refractivity contribution < 1.29 is 4.52 Å². The summed E-state index contributed by atoms with van der Waals surface area (Å²) in [4.78, 5) is 4.06. The Kier molecular flexibility index (Phi) is 3.31. The van der Waals surface area contributed by atoms with Gasteiger partial charge in [0.2, 0.25) is 0 Å². The van der Waals surface area contributed by atoms with Gasteiger partial charge >= 0.3 is 0 Å². The van der Waals surface area contributed by atoms with Crippen LogP contribution in [0.15, 0.2) is 15.6 Å². The van der Waals surface area contributed by atoms with Crippen LogP contribution in [0.1, 0.15) is 18.4 Å². The van der Waals surface area contributed by atoms with Gasteiger partial charge in [0.05, 0.1) is 6.54 Å². The van der Waals surface area contributed by atoms with E-state index in [1.165, 1.54) is 0 Å². The van der Waals surface area contributed by atoms with Crippen LogP contribution < -0.4 is 11.1 Å². The SMILES string of the molecule is CCNC(N)=NCc1cc(C)on1. The smallest absolute Gasteiger partial charge is 0.188 e. The van der Waals surface area contributed by atoms with Crippen LogP contribution in [0.3, 0.4) is 0 Å². The minimum Gasteiger partial charge on any atom is -0.370 e. The van der Waals surface area contributed by atoms with Gasteiger partial charge in [-0.1, -0.05) is 5.16 Å². The van der Waals surface area contributed by atoms with E-state index in [1.54, 1.807) is 0 Å². The predicted octanol–water partition coefficient (Wildman–Crippen LogP) is 0.407. The van der Waals surface area contributed by atoms with Gasteiger partial charge in [-0.25, -0.2) is 4.99 Å². The molecular weight excluding hydrogens is 168 g/mol. The van der Waals surface area contributed by atoms with E-state index in [1.807, 2.05) is 19.9 Å². The van der Waals surface area contributed by atoms with E-state index in [4.69, 9.17) is 10.3 Å². The summed E-state index contributed by atoms with van der Waals surface area (Å²) >= 11 is 0. The molecule has 0 aliphatic rings. The second kappa shape index (κ2) is 4.49. The fourth-order valence-electron chi connectivity index (χ4n) is 0.896. The summed E-state index contributed by atoms with van der Waals surface area (Å²) in [5, 5.41) is 6.67. The zero-order valence-electron chi connectivity index (χ0n) is 7.87. The van der Waals surface area contributed by atoms with Crippen molar-refractivity contribution in [2.45, 2.75) is 20.4 Å². The van der Waals surface area contributed by atoms with E-state index in [-0.39, 0.29) is 0 Å². The van der Waals surface area contributed by atoms with Crippen molar-refractivity contribution in [3.63, 3.8) is 0 Å². The molecule has 0 bridgehead atoms. The molecule has 0 aliphatic carbocycles. The van der Waals surface area contributed by atoms with Crippen molar-refractivity contribution in [3.8, 4) is 0 Å². The van der Waals surface area contributed by atoms with Crippen LogP contribution >= 0.6 is 0 Å². The molecule has 0 fully saturated rings. The fraction of sp³-hybridized carbons (Fsp3) is 0.500. The highest BCUT2D eigenvalue weighted by molar-refractivity contribution is 5.77. The highest BCUT2D eigenvalue weighted by Gasteiger charge is 1.98. The van der Waals surface area contributed by atoms with Crippen molar-refractivity contribution in [1.82, 2.24) is 10.5 Å². The number of rotatable bonds is 3. The predicted molar refractivity (Wildman–Crippen MR) is 50.2 cm³/mol. The lowest BCUT2D eigenvalue weighted by atomic mass is 10.4. The lowest BCUT2D eigenvalue weighted by Crippen LogP contribution is -2.31. The summed E-state index contributed by atoms with van der Waals surface area (Å²) in [5.41, 5.74) is 6.31. The van der Waals surface area contributed by atoms with Crippen LogP contribution in [0.4, 0.5) is 0 Å². The lowest BCUT2D eigenvalue weighted by Gasteiger charge is -1.99. The van der Waals surface area contributed by atoms with Crippen LogP contribution in [-0.4, -0.2) is 17.7 Å². The monoisotopic (exact) mass is 182 g/mol. The molecule has 0 aliphatic heterocycles. The zero-order valence-corrected chi connectivity index (χ0v) is 7.87. The zero-order chi connectivity index (χ0) is 9.68. The Morgan fingerprint density at radius 1 is 1.77 bits per heavy atom. The molecule has 0 unspecified atom stereocenters. The first-order valence-electron chi connectivity index (χ1n) is 4.18. The number of nitrogens with zero attached hydrogens (tertiary/aromatic N) is 2. The van der Waals surface area contributed by atoms with Crippen LogP contribution in [0.5, 0.6) is 0 Å². The molecule has 0 spiro atoms. The maximum atomic E-state index is 5.52. The summed E-state index contributed by atoms with van der Waals surface area (Å²) in [6, 6.07) is 1.84. The quantitative estimate of drug-likeness (QED) is 0.524. The van der Waals surface area contributed by atoms with E-state index in [2.05, 4.69) is 15.5 Å². The summed E-state index contributed by atoms with van der Waals surface area (Å²) in [6.07, 6.45) is 0. The second-order valence-electron chi connectivity index (χ2n) is 2.66. The van der Waals surface area contributed by atoms with E-state index in [0.717, 1.165) is 18.0 Å². The Labute approximate surface area is 77.0 Å². The van der Waals surface area contributed by atoms with Gasteiger partial charge < -0.3 is 15.6 Å². The highest BCUT2D eigenvalue weighted by atomic mass is 16.5. The van der Waals surface area contributed by atoms with Gasteiger partial charge in [0.25, 0.3) is 0 Å². The number of nitrogens with two attached hydrogens (primary N) is 1. The van der Waals surface area contributed by atoms with Crippen molar-refractivity contribution in [2.75, 3.05) is 6.54 Å². The first kappa shape index (κ1) is 9.57. The van der Waals surface area contributed by atoms with Gasteiger partial charge in [-0.3, -0.25) is 0 Å². The van der Waals surface area contributed by atoms with Crippen LogP contribution in [0.2, 0.25) is 0 Å². The molecular formula is C8H14N4O. The number of aromatic nitrogens is 1. The van der Waals surface area contributed by atoms with E-state index in [9.17, 15) is 0 Å². The van der Waals surface area contributed by atoms with Crippen molar-refractivity contribution in [2.24, 2.45) is 10.7 Å². The summed E-state index contributed by atoms with van der Waals surface area (Å²) in [6.45, 7) is 5.03. The first-order valence-corrected chi connectivity index (χ1v) is 4.18. The van der Waals surface area contributed by atoms with Crippen molar-refractivity contribution in [3.05, 3.63) is 17.5 Å². The fourth-order valence-corrected chi connectivity index (χ4v) is 0.896. The van der Waals surface area contributed by atoms with Gasteiger partial charge in [-0.15, -0.1) is 0 Å². The number of nitrogens with one attached hydrogen (secondary N) is 1. The summed E-state index contributed by atoms with van der Waals surface area (Å²) < 4.78 is 4.88. The number of hydrogen-bond acceptors (Lipinski definition) is 3. The molecule has 1 rings (SSSR count). The second-order valence-corrected chi connectivity index (χ2v) is 2.66. The molecule has 1 aromatic heterocycles.